The van der Waals surface area contributed by atoms with Crippen molar-refractivity contribution >= 4 is 0 Å². The number of hydrogen-bond acceptors (Lipinski definition) is 0. The van der Waals surface area contributed by atoms with Crippen LogP contribution in [0.1, 0.15) is 12.8 Å². The zero-order chi connectivity index (χ0) is 5.33. The lowest BCUT2D eigenvalue weighted by atomic mass is 10.3. The van der Waals surface area contributed by atoms with E-state index in [9.17, 15) is 4.39 Å². The molecule has 0 radical (unpaired) electrons. The van der Waals surface area contributed by atoms with E-state index in [4.69, 9.17) is 6.57 Å². The first kappa shape index (κ1) is 4.58. The van der Waals surface area contributed by atoms with Crippen LogP contribution in [0.15, 0.2) is 0 Å². The maximum atomic E-state index is 11.6. The molecule has 0 amide bonds. The Bertz CT molecular complexity index is 110. The van der Waals surface area contributed by atoms with Crippen LogP contribution >= 0.6 is 0 Å². The largest absolute Gasteiger partial charge is 0.307 e. The van der Waals surface area contributed by atoms with Crippen molar-refractivity contribution in [3.63, 3.8) is 0 Å². The summed E-state index contributed by atoms with van der Waals surface area (Å²) in [7, 11) is 0. The quantitative estimate of drug-likeness (QED) is 0.438. The lowest BCUT2D eigenvalue weighted by molar-refractivity contribution is 0.449. The van der Waals surface area contributed by atoms with Gasteiger partial charge in [0.1, 0.15) is 0 Å². The lowest BCUT2D eigenvalue weighted by Gasteiger charge is -1.87. The Morgan fingerprint density at radius 3 is 2.29 bits per heavy atom. The van der Waals surface area contributed by atoms with Gasteiger partial charge >= 0.3 is 0 Å². The minimum atomic E-state index is -0.542. The predicted octanol–water partition coefficient (Wildman–Crippen LogP) is 1.41. The highest BCUT2D eigenvalue weighted by atomic mass is 19.1. The molecule has 0 bridgehead atoms. The van der Waals surface area contributed by atoms with Crippen molar-refractivity contribution in [3.8, 4) is 0 Å². The molecular formula is C5H6FN. The minimum Gasteiger partial charge on any atom is -0.307 e. The fourth-order valence-electron chi connectivity index (χ4n) is 0.420. The van der Waals surface area contributed by atoms with Gasteiger partial charge in [0, 0.05) is 12.8 Å². The van der Waals surface area contributed by atoms with Crippen molar-refractivity contribution < 1.29 is 4.39 Å². The summed E-state index contributed by atoms with van der Waals surface area (Å²) in [6.07, 6.45) is 1.54. The van der Waals surface area contributed by atoms with Crippen molar-refractivity contribution in [3.05, 3.63) is 11.4 Å². The van der Waals surface area contributed by atoms with E-state index in [0.717, 1.165) is 12.8 Å². The van der Waals surface area contributed by atoms with Gasteiger partial charge < -0.3 is 4.85 Å². The van der Waals surface area contributed by atoms with Crippen molar-refractivity contribution in [2.24, 2.45) is 0 Å². The standard InChI is InChI=1S/C5H6FN/c1-7-5(4-6)2-3-5/h2-4H2. The molecule has 2 heteroatoms. The maximum absolute atomic E-state index is 11.6. The number of alkyl halides is 1. The number of rotatable bonds is 1. The normalized spacial score (nSPS) is 23.4. The topological polar surface area (TPSA) is 4.36 Å². The van der Waals surface area contributed by atoms with Crippen LogP contribution in [-0.2, 0) is 0 Å². The molecule has 0 aromatic carbocycles. The summed E-state index contributed by atoms with van der Waals surface area (Å²) in [4.78, 5) is 3.12. The third-order valence-electron chi connectivity index (χ3n) is 1.31. The highest BCUT2D eigenvalue weighted by molar-refractivity contribution is 5.10. The van der Waals surface area contributed by atoms with Crippen molar-refractivity contribution in [2.45, 2.75) is 18.4 Å². The molecule has 0 saturated heterocycles. The van der Waals surface area contributed by atoms with Gasteiger partial charge in [0.2, 0.25) is 0 Å². The van der Waals surface area contributed by atoms with E-state index in [0.29, 0.717) is 0 Å². The maximum Gasteiger partial charge on any atom is 0.261 e. The van der Waals surface area contributed by atoms with Crippen LogP contribution in [0.4, 0.5) is 4.39 Å². The average molecular weight is 99.1 g/mol. The lowest BCUT2D eigenvalue weighted by Crippen LogP contribution is -2.02. The highest BCUT2D eigenvalue weighted by Crippen LogP contribution is 2.39. The van der Waals surface area contributed by atoms with Gasteiger partial charge in [0.05, 0.1) is 0 Å². The number of halogens is 1. The van der Waals surface area contributed by atoms with Gasteiger partial charge in [0.15, 0.2) is 6.67 Å². The first-order valence-electron chi connectivity index (χ1n) is 2.28. The van der Waals surface area contributed by atoms with Crippen molar-refractivity contribution in [1.29, 1.82) is 0 Å². The van der Waals surface area contributed by atoms with Crippen LogP contribution in [0.25, 0.3) is 4.85 Å². The van der Waals surface area contributed by atoms with Crippen LogP contribution in [-0.4, -0.2) is 12.2 Å². The van der Waals surface area contributed by atoms with E-state index in [1.807, 2.05) is 0 Å². The SMILES string of the molecule is [C-]#[N+]C1(CF)CC1. The molecule has 0 aromatic rings. The molecule has 0 aliphatic heterocycles. The molecule has 1 aliphatic rings. The molecule has 7 heavy (non-hydrogen) atoms. The summed E-state index contributed by atoms with van der Waals surface area (Å²) in [6, 6.07) is 0. The van der Waals surface area contributed by atoms with Gasteiger partial charge in [-0.05, 0) is 0 Å². The van der Waals surface area contributed by atoms with Crippen LogP contribution in [0.5, 0.6) is 0 Å². The Balaban J connectivity index is 2.47. The summed E-state index contributed by atoms with van der Waals surface area (Å²) < 4.78 is 11.6. The Hall–Kier alpha value is -0.580. The second kappa shape index (κ2) is 1.19. The molecule has 0 N–H and O–H groups in total. The average Bonchev–Trinajstić information content (AvgIpc) is 2.46. The van der Waals surface area contributed by atoms with Gasteiger partial charge in [-0.3, -0.25) is 0 Å². The number of nitrogens with zero attached hydrogens (tertiary/aromatic N) is 1. The molecule has 1 rings (SSSR count). The molecule has 1 saturated carbocycles. The molecular weight excluding hydrogens is 93.1 g/mol. The molecule has 0 spiro atoms. The van der Waals surface area contributed by atoms with E-state index >= 15 is 0 Å². The van der Waals surface area contributed by atoms with E-state index in [2.05, 4.69) is 4.85 Å². The summed E-state index contributed by atoms with van der Waals surface area (Å²) in [5, 5.41) is 0. The summed E-state index contributed by atoms with van der Waals surface area (Å²) in [6.45, 7) is 6.01. The van der Waals surface area contributed by atoms with Gasteiger partial charge in [-0.2, -0.15) is 0 Å². The monoisotopic (exact) mass is 99.0 g/mol. The van der Waals surface area contributed by atoms with E-state index in [1.54, 1.807) is 0 Å². The second-order valence-corrected chi connectivity index (χ2v) is 1.97. The zero-order valence-electron chi connectivity index (χ0n) is 3.95. The third-order valence-corrected chi connectivity index (χ3v) is 1.31. The summed E-state index contributed by atoms with van der Waals surface area (Å²) >= 11 is 0. The first-order valence-corrected chi connectivity index (χ1v) is 2.28. The molecule has 1 fully saturated rings. The van der Waals surface area contributed by atoms with Gasteiger partial charge in [-0.1, -0.05) is 0 Å². The first-order chi connectivity index (χ1) is 3.33. The Morgan fingerprint density at radius 1 is 1.71 bits per heavy atom. The molecule has 38 valence electrons. The van der Waals surface area contributed by atoms with Crippen LogP contribution in [0, 0.1) is 6.57 Å². The fourth-order valence-corrected chi connectivity index (χ4v) is 0.420. The molecule has 1 aliphatic carbocycles. The van der Waals surface area contributed by atoms with E-state index in [-0.39, 0.29) is 0 Å². The summed E-state index contributed by atoms with van der Waals surface area (Å²) in [5.74, 6) is 0. The van der Waals surface area contributed by atoms with Gasteiger partial charge in [-0.25, -0.2) is 11.0 Å². The van der Waals surface area contributed by atoms with Crippen LogP contribution in [0.2, 0.25) is 0 Å². The van der Waals surface area contributed by atoms with E-state index in [1.165, 1.54) is 0 Å². The van der Waals surface area contributed by atoms with Crippen molar-refractivity contribution in [2.75, 3.05) is 6.67 Å². The van der Waals surface area contributed by atoms with Crippen LogP contribution < -0.4 is 0 Å². The highest BCUT2D eigenvalue weighted by Gasteiger charge is 2.50. The van der Waals surface area contributed by atoms with Gasteiger partial charge in [-0.15, -0.1) is 0 Å². The summed E-state index contributed by atoms with van der Waals surface area (Å²) in [5.41, 5.74) is -0.542. The molecule has 1 nitrogen and oxygen atoms in total. The fraction of sp³-hybridized carbons (Fsp3) is 0.800. The van der Waals surface area contributed by atoms with E-state index < -0.39 is 12.2 Å². The van der Waals surface area contributed by atoms with Crippen molar-refractivity contribution in [1.82, 2.24) is 0 Å². The number of hydrogen-bond donors (Lipinski definition) is 0. The van der Waals surface area contributed by atoms with Gasteiger partial charge in [0.25, 0.3) is 5.54 Å². The Labute approximate surface area is 42.0 Å². The smallest absolute Gasteiger partial charge is 0.261 e. The molecule has 0 heterocycles. The third kappa shape index (κ3) is 0.584. The molecule has 0 atom stereocenters. The second-order valence-electron chi connectivity index (χ2n) is 1.97. The zero-order valence-corrected chi connectivity index (χ0v) is 3.95. The predicted molar refractivity (Wildman–Crippen MR) is 24.5 cm³/mol. The Kier molecular flexibility index (Phi) is 0.780. The minimum absolute atomic E-state index is 0.448. The molecule has 0 unspecified atom stereocenters. The Morgan fingerprint density at radius 2 is 2.29 bits per heavy atom. The van der Waals surface area contributed by atoms with Crippen LogP contribution in [0.3, 0.4) is 0 Å². The molecule has 0 aromatic heterocycles.